The van der Waals surface area contributed by atoms with Crippen molar-refractivity contribution < 1.29 is 19.0 Å². The first kappa shape index (κ1) is 19.0. The van der Waals surface area contributed by atoms with Crippen molar-refractivity contribution in [3.05, 3.63) is 23.8 Å². The third-order valence-electron chi connectivity index (χ3n) is 5.46. The average molecular weight is 362 g/mol. The van der Waals surface area contributed by atoms with Gasteiger partial charge in [0.05, 0.1) is 33.4 Å². The molecule has 1 aromatic rings. The van der Waals surface area contributed by atoms with E-state index in [0.29, 0.717) is 19.8 Å². The lowest BCUT2D eigenvalue weighted by Gasteiger charge is -2.40. The fraction of sp³-hybridized carbons (Fsp3) is 0.650. The van der Waals surface area contributed by atoms with Crippen molar-refractivity contribution in [1.82, 2.24) is 10.2 Å². The molecule has 6 heteroatoms. The second kappa shape index (κ2) is 9.24. The van der Waals surface area contributed by atoms with E-state index < -0.39 is 0 Å². The number of nitrogens with one attached hydrogen (secondary N) is 1. The Labute approximate surface area is 155 Å². The highest BCUT2D eigenvalue weighted by molar-refractivity contribution is 5.79. The van der Waals surface area contributed by atoms with Gasteiger partial charge in [-0.3, -0.25) is 9.69 Å². The third kappa shape index (κ3) is 4.30. The van der Waals surface area contributed by atoms with Gasteiger partial charge in [0.2, 0.25) is 5.91 Å². The topological polar surface area (TPSA) is 60.0 Å². The van der Waals surface area contributed by atoms with Gasteiger partial charge < -0.3 is 19.5 Å². The summed E-state index contributed by atoms with van der Waals surface area (Å²) in [6, 6.07) is 6.20. The van der Waals surface area contributed by atoms with E-state index >= 15 is 0 Å². The number of benzene rings is 1. The quantitative estimate of drug-likeness (QED) is 0.890. The van der Waals surface area contributed by atoms with Crippen LogP contribution in [0.15, 0.2) is 18.2 Å². The number of nitrogens with zero attached hydrogens (tertiary/aromatic N) is 1. The molecule has 0 bridgehead atoms. The van der Waals surface area contributed by atoms with Crippen molar-refractivity contribution in [2.75, 3.05) is 40.5 Å². The second-order valence-corrected chi connectivity index (χ2v) is 6.98. The van der Waals surface area contributed by atoms with Gasteiger partial charge in [-0.15, -0.1) is 0 Å². The van der Waals surface area contributed by atoms with Crippen LogP contribution in [0, 0.1) is 5.92 Å². The van der Waals surface area contributed by atoms with E-state index in [2.05, 4.69) is 16.3 Å². The molecule has 144 valence electrons. The molecule has 2 fully saturated rings. The maximum atomic E-state index is 12.6. The lowest BCUT2D eigenvalue weighted by molar-refractivity contribution is -0.129. The normalized spacial score (nSPS) is 25.1. The smallest absolute Gasteiger partial charge is 0.224 e. The highest BCUT2D eigenvalue weighted by Gasteiger charge is 2.35. The van der Waals surface area contributed by atoms with Crippen molar-refractivity contribution in [3.63, 3.8) is 0 Å². The van der Waals surface area contributed by atoms with Crippen molar-refractivity contribution in [2.24, 2.45) is 5.92 Å². The molecule has 1 amide bonds. The standard InChI is InChI=1S/C20H30N2O4/c1-24-18-9-5-6-15(19(18)25-2)14-22-11-13-26-12-10-21-20(23)16-7-3-4-8-17(16)22/h5-6,9,16-17H,3-4,7-8,10-14H2,1-2H3,(H,21,23). The fourth-order valence-electron chi connectivity index (χ4n) is 4.17. The molecule has 1 saturated heterocycles. The zero-order valence-electron chi connectivity index (χ0n) is 15.8. The highest BCUT2D eigenvalue weighted by Crippen LogP contribution is 2.34. The number of carbonyl (C=O) groups is 1. The summed E-state index contributed by atoms with van der Waals surface area (Å²) in [5, 5.41) is 3.04. The molecule has 0 aromatic heterocycles. The molecule has 1 heterocycles. The van der Waals surface area contributed by atoms with Crippen molar-refractivity contribution >= 4 is 5.91 Å². The summed E-state index contributed by atoms with van der Waals surface area (Å²) in [4.78, 5) is 15.0. The molecule has 1 aliphatic heterocycles. The Balaban J connectivity index is 1.86. The van der Waals surface area contributed by atoms with Gasteiger partial charge in [0, 0.05) is 31.2 Å². The fourth-order valence-corrected chi connectivity index (χ4v) is 4.17. The molecule has 2 unspecified atom stereocenters. The minimum Gasteiger partial charge on any atom is -0.493 e. The predicted molar refractivity (Wildman–Crippen MR) is 99.5 cm³/mol. The summed E-state index contributed by atoms with van der Waals surface area (Å²) in [7, 11) is 3.32. The van der Waals surface area contributed by atoms with Crippen LogP contribution in [-0.2, 0) is 16.1 Å². The Morgan fingerprint density at radius 1 is 1.19 bits per heavy atom. The van der Waals surface area contributed by atoms with Crippen LogP contribution >= 0.6 is 0 Å². The number of methoxy groups -OCH3 is 2. The van der Waals surface area contributed by atoms with E-state index in [1.807, 2.05) is 12.1 Å². The highest BCUT2D eigenvalue weighted by atomic mass is 16.5. The van der Waals surface area contributed by atoms with Gasteiger partial charge >= 0.3 is 0 Å². The molecule has 2 atom stereocenters. The number of hydrogen-bond donors (Lipinski definition) is 1. The molecule has 1 aliphatic carbocycles. The first-order valence-electron chi connectivity index (χ1n) is 9.54. The first-order valence-corrected chi connectivity index (χ1v) is 9.54. The van der Waals surface area contributed by atoms with E-state index in [1.165, 1.54) is 6.42 Å². The van der Waals surface area contributed by atoms with Crippen molar-refractivity contribution in [1.29, 1.82) is 0 Å². The molecule has 1 aromatic carbocycles. The van der Waals surface area contributed by atoms with Crippen LogP contribution in [0.4, 0.5) is 0 Å². The number of ether oxygens (including phenoxy) is 3. The van der Waals surface area contributed by atoms with Crippen molar-refractivity contribution in [3.8, 4) is 11.5 Å². The number of rotatable bonds is 4. The molecule has 1 saturated carbocycles. The lowest BCUT2D eigenvalue weighted by Crippen LogP contribution is -2.50. The molecule has 0 spiro atoms. The summed E-state index contributed by atoms with van der Waals surface area (Å²) >= 11 is 0. The van der Waals surface area contributed by atoms with Gasteiger partial charge in [0.25, 0.3) is 0 Å². The Morgan fingerprint density at radius 3 is 2.85 bits per heavy atom. The summed E-state index contributed by atoms with van der Waals surface area (Å²) in [6.07, 6.45) is 4.30. The third-order valence-corrected chi connectivity index (χ3v) is 5.46. The van der Waals surface area contributed by atoms with E-state index in [1.54, 1.807) is 14.2 Å². The zero-order valence-corrected chi connectivity index (χ0v) is 15.8. The molecule has 1 N–H and O–H groups in total. The van der Waals surface area contributed by atoms with Gasteiger partial charge in [-0.05, 0) is 18.9 Å². The molecular weight excluding hydrogens is 332 g/mol. The van der Waals surface area contributed by atoms with Crippen LogP contribution in [0.1, 0.15) is 31.2 Å². The van der Waals surface area contributed by atoms with E-state index in [-0.39, 0.29) is 17.9 Å². The largest absolute Gasteiger partial charge is 0.493 e. The van der Waals surface area contributed by atoms with Crippen LogP contribution in [0.5, 0.6) is 11.5 Å². The van der Waals surface area contributed by atoms with Gasteiger partial charge in [-0.25, -0.2) is 0 Å². The second-order valence-electron chi connectivity index (χ2n) is 6.98. The first-order chi connectivity index (χ1) is 12.7. The zero-order chi connectivity index (χ0) is 18.4. The number of fused-ring (bicyclic) bond motifs is 1. The lowest BCUT2D eigenvalue weighted by atomic mass is 9.82. The maximum Gasteiger partial charge on any atom is 0.224 e. The SMILES string of the molecule is COc1cccc(CN2CCOCCNC(=O)C3CCCCC32)c1OC. The Kier molecular flexibility index (Phi) is 6.74. The minimum absolute atomic E-state index is 0.0541. The van der Waals surface area contributed by atoms with E-state index in [0.717, 1.165) is 49.4 Å². The van der Waals surface area contributed by atoms with Crippen LogP contribution in [0.3, 0.4) is 0 Å². The molecule has 0 radical (unpaired) electrons. The minimum atomic E-state index is 0.0541. The van der Waals surface area contributed by atoms with Gasteiger partial charge in [0.15, 0.2) is 11.5 Å². The predicted octanol–water partition coefficient (Wildman–Crippen LogP) is 2.21. The summed E-state index contributed by atoms with van der Waals surface area (Å²) in [5.41, 5.74) is 1.08. The summed E-state index contributed by atoms with van der Waals surface area (Å²) < 4.78 is 16.7. The summed E-state index contributed by atoms with van der Waals surface area (Å²) in [5.74, 6) is 1.73. The van der Waals surface area contributed by atoms with Gasteiger partial charge in [-0.2, -0.15) is 0 Å². The Bertz CT molecular complexity index is 607. The van der Waals surface area contributed by atoms with Gasteiger partial charge in [0.1, 0.15) is 0 Å². The summed E-state index contributed by atoms with van der Waals surface area (Å²) in [6.45, 7) is 3.38. The molecule has 26 heavy (non-hydrogen) atoms. The van der Waals surface area contributed by atoms with Crippen LogP contribution < -0.4 is 14.8 Å². The Morgan fingerprint density at radius 2 is 2.04 bits per heavy atom. The maximum absolute atomic E-state index is 12.6. The number of para-hydroxylation sites is 1. The number of carbonyl (C=O) groups excluding carboxylic acids is 1. The van der Waals surface area contributed by atoms with E-state index in [4.69, 9.17) is 14.2 Å². The number of hydrogen-bond acceptors (Lipinski definition) is 5. The molecule has 6 nitrogen and oxygen atoms in total. The molecule has 3 rings (SSSR count). The number of amides is 1. The van der Waals surface area contributed by atoms with Crippen LogP contribution in [0.2, 0.25) is 0 Å². The van der Waals surface area contributed by atoms with Crippen LogP contribution in [0.25, 0.3) is 0 Å². The van der Waals surface area contributed by atoms with Crippen LogP contribution in [-0.4, -0.2) is 57.4 Å². The molecule has 2 aliphatic rings. The monoisotopic (exact) mass is 362 g/mol. The van der Waals surface area contributed by atoms with Crippen molar-refractivity contribution in [2.45, 2.75) is 38.3 Å². The molecular formula is C20H30N2O4. The average Bonchev–Trinajstić information content (AvgIpc) is 2.68. The van der Waals surface area contributed by atoms with E-state index in [9.17, 15) is 4.79 Å². The van der Waals surface area contributed by atoms with Gasteiger partial charge in [-0.1, -0.05) is 25.0 Å². The Hall–Kier alpha value is -1.79.